The molecule has 2 rings (SSSR count). The molecule has 0 aliphatic carbocycles. The van der Waals surface area contributed by atoms with Crippen molar-refractivity contribution in [2.75, 3.05) is 12.8 Å². The quantitative estimate of drug-likeness (QED) is 0.788. The standard InChI is InChI=1S/C14H13F3N2O2S/c1-19(8-11-3-2-6-21-11)13(20)9-22-12-5-4-10(7-18-12)14(15,16)17/h2-7H,8-9H2,1H3. The number of thioether (sulfide) groups is 1. The number of carbonyl (C=O) groups is 1. The fraction of sp³-hybridized carbons (Fsp3) is 0.286. The highest BCUT2D eigenvalue weighted by atomic mass is 32.2. The molecule has 0 atom stereocenters. The Kier molecular flexibility index (Phi) is 5.12. The lowest BCUT2D eigenvalue weighted by molar-refractivity contribution is -0.138. The fourth-order valence-corrected chi connectivity index (χ4v) is 2.39. The smallest absolute Gasteiger partial charge is 0.417 e. The number of pyridine rings is 1. The topological polar surface area (TPSA) is 46.3 Å². The summed E-state index contributed by atoms with van der Waals surface area (Å²) in [5, 5.41) is 0.368. The molecule has 22 heavy (non-hydrogen) atoms. The third kappa shape index (κ3) is 4.52. The molecular formula is C14H13F3N2O2S. The molecule has 2 aromatic rings. The highest BCUT2D eigenvalue weighted by Crippen LogP contribution is 2.29. The Morgan fingerprint density at radius 3 is 2.68 bits per heavy atom. The molecule has 0 saturated heterocycles. The molecule has 0 aliphatic heterocycles. The molecule has 0 fully saturated rings. The maximum Gasteiger partial charge on any atom is 0.417 e. The lowest BCUT2D eigenvalue weighted by Crippen LogP contribution is -2.27. The van der Waals surface area contributed by atoms with Gasteiger partial charge in [-0.2, -0.15) is 13.2 Å². The molecule has 0 bridgehead atoms. The average molecular weight is 330 g/mol. The number of aromatic nitrogens is 1. The zero-order valence-electron chi connectivity index (χ0n) is 11.6. The van der Waals surface area contributed by atoms with Gasteiger partial charge in [0.1, 0.15) is 5.76 Å². The van der Waals surface area contributed by atoms with E-state index in [9.17, 15) is 18.0 Å². The van der Waals surface area contributed by atoms with Gasteiger partial charge in [0, 0.05) is 13.2 Å². The van der Waals surface area contributed by atoms with Gasteiger partial charge >= 0.3 is 6.18 Å². The molecule has 0 spiro atoms. The third-order valence-corrected chi connectivity index (χ3v) is 3.73. The number of amides is 1. The van der Waals surface area contributed by atoms with Crippen LogP contribution in [0, 0.1) is 0 Å². The first-order chi connectivity index (χ1) is 10.4. The second kappa shape index (κ2) is 6.87. The van der Waals surface area contributed by atoms with Gasteiger partial charge in [0.05, 0.1) is 29.2 Å². The van der Waals surface area contributed by atoms with Crippen LogP contribution in [0.25, 0.3) is 0 Å². The Morgan fingerprint density at radius 1 is 1.36 bits per heavy atom. The predicted octanol–water partition coefficient (Wildman–Crippen LogP) is 3.44. The second-order valence-electron chi connectivity index (χ2n) is 4.50. The molecule has 0 unspecified atom stereocenters. The van der Waals surface area contributed by atoms with Crippen LogP contribution in [0.4, 0.5) is 13.2 Å². The second-order valence-corrected chi connectivity index (χ2v) is 5.50. The summed E-state index contributed by atoms with van der Waals surface area (Å²) in [4.78, 5) is 17.1. The highest BCUT2D eigenvalue weighted by molar-refractivity contribution is 7.99. The monoisotopic (exact) mass is 330 g/mol. The molecule has 2 aromatic heterocycles. The van der Waals surface area contributed by atoms with E-state index >= 15 is 0 Å². The van der Waals surface area contributed by atoms with E-state index in [1.54, 1.807) is 19.2 Å². The van der Waals surface area contributed by atoms with Crippen molar-refractivity contribution in [3.05, 3.63) is 48.0 Å². The molecule has 0 aliphatic rings. The van der Waals surface area contributed by atoms with Gasteiger partial charge in [-0.25, -0.2) is 4.98 Å². The van der Waals surface area contributed by atoms with Gasteiger partial charge in [0.15, 0.2) is 0 Å². The Labute approximate surface area is 129 Å². The zero-order chi connectivity index (χ0) is 16.2. The summed E-state index contributed by atoms with van der Waals surface area (Å²) < 4.78 is 42.4. The van der Waals surface area contributed by atoms with Crippen LogP contribution in [-0.4, -0.2) is 28.6 Å². The zero-order valence-corrected chi connectivity index (χ0v) is 12.4. The number of rotatable bonds is 5. The minimum absolute atomic E-state index is 0.0928. The number of hydrogen-bond acceptors (Lipinski definition) is 4. The Morgan fingerprint density at radius 2 is 2.14 bits per heavy atom. The Balaban J connectivity index is 1.85. The molecule has 8 heteroatoms. The number of carbonyl (C=O) groups excluding carboxylic acids is 1. The molecular weight excluding hydrogens is 317 g/mol. The van der Waals surface area contributed by atoms with Crippen LogP contribution in [0.1, 0.15) is 11.3 Å². The average Bonchev–Trinajstić information content (AvgIpc) is 2.97. The molecule has 0 radical (unpaired) electrons. The van der Waals surface area contributed by atoms with Crippen LogP contribution in [0.2, 0.25) is 0 Å². The summed E-state index contributed by atoms with van der Waals surface area (Å²) >= 11 is 1.09. The maximum atomic E-state index is 12.4. The van der Waals surface area contributed by atoms with E-state index in [1.165, 1.54) is 17.2 Å². The fourth-order valence-electron chi connectivity index (χ4n) is 1.60. The van der Waals surface area contributed by atoms with Crippen molar-refractivity contribution in [1.82, 2.24) is 9.88 Å². The van der Waals surface area contributed by atoms with Crippen molar-refractivity contribution in [2.24, 2.45) is 0 Å². The largest absolute Gasteiger partial charge is 0.467 e. The van der Waals surface area contributed by atoms with Gasteiger partial charge in [-0.3, -0.25) is 4.79 Å². The van der Waals surface area contributed by atoms with Gasteiger partial charge < -0.3 is 9.32 Å². The third-order valence-electron chi connectivity index (χ3n) is 2.81. The van der Waals surface area contributed by atoms with Crippen LogP contribution >= 0.6 is 11.8 Å². The van der Waals surface area contributed by atoms with E-state index in [-0.39, 0.29) is 11.7 Å². The molecule has 4 nitrogen and oxygen atoms in total. The summed E-state index contributed by atoms with van der Waals surface area (Å²) in [6.07, 6.45) is -2.12. The van der Waals surface area contributed by atoms with Gasteiger partial charge in [0.25, 0.3) is 0 Å². The summed E-state index contributed by atoms with van der Waals surface area (Å²) in [6.45, 7) is 0.340. The SMILES string of the molecule is CN(Cc1ccco1)C(=O)CSc1ccc(C(F)(F)F)cn1. The van der Waals surface area contributed by atoms with E-state index in [4.69, 9.17) is 4.42 Å². The minimum Gasteiger partial charge on any atom is -0.467 e. The van der Waals surface area contributed by atoms with E-state index in [0.29, 0.717) is 17.3 Å². The van der Waals surface area contributed by atoms with Crippen LogP contribution in [0.5, 0.6) is 0 Å². The number of nitrogens with zero attached hydrogens (tertiary/aromatic N) is 2. The molecule has 1 amide bonds. The van der Waals surface area contributed by atoms with Crippen molar-refractivity contribution in [3.63, 3.8) is 0 Å². The van der Waals surface area contributed by atoms with E-state index in [2.05, 4.69) is 4.98 Å². The first-order valence-electron chi connectivity index (χ1n) is 6.28. The van der Waals surface area contributed by atoms with Gasteiger partial charge in [-0.15, -0.1) is 0 Å². The van der Waals surface area contributed by atoms with Crippen molar-refractivity contribution in [1.29, 1.82) is 0 Å². The lowest BCUT2D eigenvalue weighted by atomic mass is 10.3. The van der Waals surface area contributed by atoms with Crippen LogP contribution < -0.4 is 0 Å². The summed E-state index contributed by atoms with van der Waals surface area (Å²) in [7, 11) is 1.63. The Hall–Kier alpha value is -1.96. The van der Waals surface area contributed by atoms with Gasteiger partial charge in [-0.05, 0) is 24.3 Å². The van der Waals surface area contributed by atoms with Crippen molar-refractivity contribution >= 4 is 17.7 Å². The predicted molar refractivity (Wildman–Crippen MR) is 75.1 cm³/mol. The molecule has 0 aromatic carbocycles. The van der Waals surface area contributed by atoms with E-state index in [1.807, 2.05) is 0 Å². The summed E-state index contributed by atoms with van der Waals surface area (Å²) in [5.41, 5.74) is -0.807. The van der Waals surface area contributed by atoms with E-state index < -0.39 is 11.7 Å². The maximum absolute atomic E-state index is 12.4. The normalized spacial score (nSPS) is 11.5. The van der Waals surface area contributed by atoms with Crippen LogP contribution in [0.3, 0.4) is 0 Å². The number of furan rings is 1. The molecule has 118 valence electrons. The summed E-state index contributed by atoms with van der Waals surface area (Å²) in [6, 6.07) is 5.70. The van der Waals surface area contributed by atoms with E-state index in [0.717, 1.165) is 24.0 Å². The van der Waals surface area contributed by atoms with Gasteiger partial charge in [-0.1, -0.05) is 11.8 Å². The lowest BCUT2D eigenvalue weighted by Gasteiger charge is -2.15. The summed E-state index contributed by atoms with van der Waals surface area (Å²) in [5.74, 6) is 0.590. The van der Waals surface area contributed by atoms with Crippen molar-refractivity contribution in [3.8, 4) is 0 Å². The van der Waals surface area contributed by atoms with Gasteiger partial charge in [0.2, 0.25) is 5.91 Å². The van der Waals surface area contributed by atoms with Crippen molar-refractivity contribution in [2.45, 2.75) is 17.7 Å². The first kappa shape index (κ1) is 16.4. The molecule has 2 heterocycles. The van der Waals surface area contributed by atoms with Crippen LogP contribution in [-0.2, 0) is 17.5 Å². The Bertz CT molecular complexity index is 612. The number of hydrogen-bond donors (Lipinski definition) is 0. The number of halogens is 3. The minimum atomic E-state index is -4.41. The first-order valence-corrected chi connectivity index (χ1v) is 7.27. The van der Waals surface area contributed by atoms with Crippen molar-refractivity contribution < 1.29 is 22.4 Å². The molecule has 0 saturated carbocycles. The number of alkyl halides is 3. The highest BCUT2D eigenvalue weighted by Gasteiger charge is 2.30. The molecule has 0 N–H and O–H groups in total. The van der Waals surface area contributed by atoms with Crippen LogP contribution in [0.15, 0.2) is 46.2 Å².